The molecule has 8 nitrogen and oxygen atoms in total. The van der Waals surface area contributed by atoms with Gasteiger partial charge in [0.05, 0.1) is 17.5 Å². The zero-order chi connectivity index (χ0) is 26.6. The molecule has 0 bridgehead atoms. The topological polar surface area (TPSA) is 106 Å². The number of amides is 2. The molecule has 2 amide bonds. The summed E-state index contributed by atoms with van der Waals surface area (Å²) >= 11 is 8.44. The van der Waals surface area contributed by atoms with E-state index in [-0.39, 0.29) is 30.0 Å². The van der Waals surface area contributed by atoms with Crippen molar-refractivity contribution in [1.82, 2.24) is 16.2 Å². The number of carbonyl (C=O) groups is 3. The van der Waals surface area contributed by atoms with Gasteiger partial charge in [0.15, 0.2) is 11.7 Å². The summed E-state index contributed by atoms with van der Waals surface area (Å²) in [7, 11) is 0. The van der Waals surface area contributed by atoms with E-state index < -0.39 is 17.8 Å². The van der Waals surface area contributed by atoms with Crippen LogP contribution in [0.2, 0.25) is 0 Å². The van der Waals surface area contributed by atoms with Crippen LogP contribution in [0.1, 0.15) is 51.2 Å². The van der Waals surface area contributed by atoms with E-state index in [1.807, 2.05) is 42.5 Å². The van der Waals surface area contributed by atoms with E-state index >= 15 is 0 Å². The first-order valence-corrected chi connectivity index (χ1v) is 12.8. The molecule has 3 N–H and O–H groups in total. The summed E-state index contributed by atoms with van der Waals surface area (Å²) in [6.45, 7) is 6.36. The monoisotopic (exact) mass is 577 g/mol. The van der Waals surface area contributed by atoms with Crippen LogP contribution in [-0.2, 0) is 31.0 Å². The zero-order valence-electron chi connectivity index (χ0n) is 20.7. The van der Waals surface area contributed by atoms with Crippen LogP contribution in [0, 0.1) is 0 Å². The van der Waals surface area contributed by atoms with E-state index in [1.165, 1.54) is 5.56 Å². The second-order valence-corrected chi connectivity index (χ2v) is 10.3. The number of hydrogen-bond acceptors (Lipinski definition) is 6. The van der Waals surface area contributed by atoms with Gasteiger partial charge in [0.2, 0.25) is 5.91 Å². The highest BCUT2D eigenvalue weighted by Gasteiger charge is 2.16. The molecule has 2 aromatic rings. The number of nitrogens with one attached hydrogen (secondary N) is 3. The molecule has 0 saturated heterocycles. The molecule has 0 saturated carbocycles. The maximum absolute atomic E-state index is 12.0. The first-order chi connectivity index (χ1) is 17.0. The van der Waals surface area contributed by atoms with Gasteiger partial charge >= 0.3 is 5.97 Å². The van der Waals surface area contributed by atoms with Gasteiger partial charge in [0.1, 0.15) is 5.75 Å². The lowest BCUT2D eigenvalue weighted by atomic mass is 9.87. The van der Waals surface area contributed by atoms with E-state index in [0.29, 0.717) is 18.8 Å². The van der Waals surface area contributed by atoms with Crippen LogP contribution < -0.4 is 20.9 Å². The summed E-state index contributed by atoms with van der Waals surface area (Å²) < 4.78 is 11.4. The summed E-state index contributed by atoms with van der Waals surface area (Å²) in [6.07, 6.45) is 1.36. The number of aryl methyl sites for hydroxylation is 1. The fraction of sp³-hybridized carbons (Fsp3) is 0.385. The molecule has 0 radical (unpaired) electrons. The van der Waals surface area contributed by atoms with Crippen LogP contribution in [0.4, 0.5) is 0 Å². The largest absolute Gasteiger partial charge is 0.483 e. The van der Waals surface area contributed by atoms with Gasteiger partial charge in [-0.25, -0.2) is 0 Å². The molecule has 2 aromatic carbocycles. The number of halogens is 1. The highest BCUT2D eigenvalue weighted by Crippen LogP contribution is 2.31. The van der Waals surface area contributed by atoms with Gasteiger partial charge < -0.3 is 14.8 Å². The maximum Gasteiger partial charge on any atom is 0.306 e. The number of carbonyl (C=O) groups excluding carboxylic acids is 3. The molecule has 0 unspecified atom stereocenters. The third-order valence-corrected chi connectivity index (χ3v) is 5.82. The van der Waals surface area contributed by atoms with Crippen molar-refractivity contribution in [3.63, 3.8) is 0 Å². The van der Waals surface area contributed by atoms with Crippen molar-refractivity contribution in [1.29, 1.82) is 0 Å². The average molecular weight is 579 g/mol. The second-order valence-electron chi connectivity index (χ2n) is 9.04. The molecule has 0 fully saturated rings. The quantitative estimate of drug-likeness (QED) is 0.169. The molecule has 0 aliphatic carbocycles. The molecule has 10 heteroatoms. The van der Waals surface area contributed by atoms with Gasteiger partial charge in [-0.15, -0.1) is 0 Å². The Kier molecular flexibility index (Phi) is 11.8. The normalized spacial score (nSPS) is 10.8. The molecule has 194 valence electrons. The Hall–Kier alpha value is -2.98. The zero-order valence-corrected chi connectivity index (χ0v) is 23.1. The predicted molar refractivity (Wildman–Crippen MR) is 145 cm³/mol. The fourth-order valence-electron chi connectivity index (χ4n) is 3.01. The Labute approximate surface area is 225 Å². The fourth-order valence-corrected chi connectivity index (χ4v) is 3.66. The number of hydrogen-bond donors (Lipinski definition) is 3. The van der Waals surface area contributed by atoms with Crippen LogP contribution >= 0.6 is 28.1 Å². The van der Waals surface area contributed by atoms with Crippen molar-refractivity contribution in [2.45, 2.75) is 51.9 Å². The summed E-state index contributed by atoms with van der Waals surface area (Å²) in [5.74, 6) is -0.884. The van der Waals surface area contributed by atoms with Crippen LogP contribution in [0.15, 0.2) is 53.0 Å². The van der Waals surface area contributed by atoms with Gasteiger partial charge in [-0.1, -0.05) is 57.2 Å². The smallest absolute Gasteiger partial charge is 0.306 e. The molecule has 36 heavy (non-hydrogen) atoms. The molecule has 0 spiro atoms. The molecule has 0 aliphatic rings. The van der Waals surface area contributed by atoms with Crippen LogP contribution in [0.25, 0.3) is 0 Å². The Morgan fingerprint density at radius 3 is 2.36 bits per heavy atom. The highest BCUT2D eigenvalue weighted by atomic mass is 79.9. The molecule has 2 rings (SSSR count). The van der Waals surface area contributed by atoms with Crippen molar-refractivity contribution in [2.75, 3.05) is 13.2 Å². The van der Waals surface area contributed by atoms with Gasteiger partial charge in [-0.05, 0) is 69.7 Å². The van der Waals surface area contributed by atoms with Gasteiger partial charge in [-0.3, -0.25) is 25.2 Å². The van der Waals surface area contributed by atoms with Crippen molar-refractivity contribution in [3.8, 4) is 5.75 Å². The third-order valence-electron chi connectivity index (χ3n) is 5.00. The Balaban J connectivity index is 1.58. The molecule has 0 heterocycles. The summed E-state index contributed by atoms with van der Waals surface area (Å²) in [4.78, 5) is 35.8. The lowest BCUT2D eigenvalue weighted by Gasteiger charge is -2.20. The number of esters is 1. The summed E-state index contributed by atoms with van der Waals surface area (Å²) in [5.41, 5.74) is 7.08. The van der Waals surface area contributed by atoms with Crippen molar-refractivity contribution in [2.24, 2.45) is 0 Å². The average Bonchev–Trinajstić information content (AvgIpc) is 2.83. The van der Waals surface area contributed by atoms with Crippen molar-refractivity contribution < 1.29 is 23.9 Å². The lowest BCUT2D eigenvalue weighted by Crippen LogP contribution is -2.49. The Morgan fingerprint density at radius 1 is 0.972 bits per heavy atom. The minimum absolute atomic E-state index is 0.00862. The second kappa shape index (κ2) is 14.5. The minimum atomic E-state index is -0.488. The van der Waals surface area contributed by atoms with E-state index in [4.69, 9.17) is 21.7 Å². The SMILES string of the molecule is CC(C)(C)c1ccc(OCC(=O)NNC(=S)NC(=O)CCC(=O)OCCCc2ccccc2)c(Br)c1. The number of benzene rings is 2. The minimum Gasteiger partial charge on any atom is -0.483 e. The summed E-state index contributed by atoms with van der Waals surface area (Å²) in [6, 6.07) is 15.6. The molecular formula is C26H32BrN3O5S. The Bertz CT molecular complexity index is 1060. The molecular weight excluding hydrogens is 546 g/mol. The van der Waals surface area contributed by atoms with E-state index in [1.54, 1.807) is 6.07 Å². The number of ether oxygens (including phenoxy) is 2. The van der Waals surface area contributed by atoms with Crippen LogP contribution in [0.3, 0.4) is 0 Å². The first-order valence-electron chi connectivity index (χ1n) is 11.6. The number of hydrazine groups is 1. The molecule has 0 aromatic heterocycles. The van der Waals surface area contributed by atoms with Gasteiger partial charge in [-0.2, -0.15) is 0 Å². The van der Waals surface area contributed by atoms with Crippen molar-refractivity contribution in [3.05, 3.63) is 64.1 Å². The van der Waals surface area contributed by atoms with Crippen LogP contribution in [0.5, 0.6) is 5.75 Å². The Morgan fingerprint density at radius 2 is 1.69 bits per heavy atom. The first kappa shape index (κ1) is 29.3. The van der Waals surface area contributed by atoms with E-state index in [0.717, 1.165) is 16.5 Å². The van der Waals surface area contributed by atoms with Crippen LogP contribution in [-0.4, -0.2) is 36.1 Å². The van der Waals surface area contributed by atoms with E-state index in [2.05, 4.69) is 52.9 Å². The third kappa shape index (κ3) is 11.2. The molecule has 0 atom stereocenters. The van der Waals surface area contributed by atoms with Gasteiger partial charge in [0, 0.05) is 6.42 Å². The van der Waals surface area contributed by atoms with Gasteiger partial charge in [0.25, 0.3) is 5.91 Å². The number of rotatable bonds is 10. The lowest BCUT2D eigenvalue weighted by molar-refractivity contribution is -0.145. The standard InChI is InChI=1S/C26H32BrN3O5S/c1-26(2,3)19-11-12-21(20(27)16-19)35-17-23(32)29-30-25(36)28-22(31)13-14-24(33)34-15-7-10-18-8-5-4-6-9-18/h4-6,8-9,11-12,16H,7,10,13-15,17H2,1-3H3,(H,29,32)(H2,28,30,31,36). The summed E-state index contributed by atoms with van der Waals surface area (Å²) in [5, 5.41) is 2.30. The predicted octanol–water partition coefficient (Wildman–Crippen LogP) is 4.10. The highest BCUT2D eigenvalue weighted by molar-refractivity contribution is 9.10. The van der Waals surface area contributed by atoms with Crippen molar-refractivity contribution >= 4 is 51.0 Å². The molecule has 0 aliphatic heterocycles. The number of thiocarbonyl (C=S) groups is 1. The van der Waals surface area contributed by atoms with E-state index in [9.17, 15) is 14.4 Å². The maximum atomic E-state index is 12.0.